The fourth-order valence-electron chi connectivity index (χ4n) is 0.305. The maximum Gasteiger partial charge on any atom is 0.115 e. The largest absolute Gasteiger partial charge is 0.294 e. The van der Waals surface area contributed by atoms with E-state index in [1.54, 1.807) is 5.01 Å². The lowest BCUT2D eigenvalue weighted by Crippen LogP contribution is -2.00. The maximum atomic E-state index is 4.02. The molecule has 0 N–H and O–H groups in total. The highest BCUT2D eigenvalue weighted by molar-refractivity contribution is 5.40. The fourth-order valence-corrected chi connectivity index (χ4v) is 0.305. The summed E-state index contributed by atoms with van der Waals surface area (Å²) in [5, 5.41) is 5.50. The van der Waals surface area contributed by atoms with Crippen LogP contribution in [0.1, 0.15) is 20.3 Å². The lowest BCUT2D eigenvalue weighted by molar-refractivity contribution is 0.440. The summed E-state index contributed by atoms with van der Waals surface area (Å²) in [7, 11) is 3.69. The Morgan fingerprint density at radius 1 is 1.50 bits per heavy atom. The van der Waals surface area contributed by atoms with Crippen molar-refractivity contribution in [3.05, 3.63) is 0 Å². The molecule has 0 saturated carbocycles. The first-order chi connectivity index (χ1) is 4.66. The van der Waals surface area contributed by atoms with Crippen molar-refractivity contribution in [2.45, 2.75) is 26.3 Å². The van der Waals surface area contributed by atoms with Gasteiger partial charge in [0, 0.05) is 14.1 Å². The predicted molar refractivity (Wildman–Crippen MR) is 43.3 cm³/mol. The van der Waals surface area contributed by atoms with Crippen molar-refractivity contribution in [1.82, 2.24) is 5.01 Å². The predicted octanol–water partition coefficient (Wildman–Crippen LogP) is 1.44. The Morgan fingerprint density at radius 2 is 2.10 bits per heavy atom. The third-order valence-corrected chi connectivity index (χ3v) is 1.11. The first-order valence-electron chi connectivity index (χ1n) is 3.49. The molecule has 0 heterocycles. The number of hydrazone groups is 1. The fraction of sp³-hybridized carbons (Fsp3) is 0.857. The molecule has 0 fully saturated rings. The Hall–Kier alpha value is -0.820. The monoisotopic (exact) mass is 141 g/mol. The van der Waals surface area contributed by atoms with Gasteiger partial charge < -0.3 is 0 Å². The van der Waals surface area contributed by atoms with Crippen molar-refractivity contribution in [2.24, 2.45) is 10.1 Å². The molecule has 0 bridgehead atoms. The van der Waals surface area contributed by atoms with Crippen LogP contribution >= 0.6 is 0 Å². The quantitative estimate of drug-likeness (QED) is 0.431. The van der Waals surface area contributed by atoms with Crippen LogP contribution in [0.15, 0.2) is 10.1 Å². The van der Waals surface area contributed by atoms with Crippen molar-refractivity contribution < 1.29 is 0 Å². The van der Waals surface area contributed by atoms with Gasteiger partial charge in [0.15, 0.2) is 0 Å². The molecule has 0 aliphatic carbocycles. The second kappa shape index (κ2) is 5.00. The normalized spacial score (nSPS) is 11.6. The number of hydrogen-bond donors (Lipinski definition) is 0. The summed E-state index contributed by atoms with van der Waals surface area (Å²) in [5.41, 5.74) is 0. The second-order valence-electron chi connectivity index (χ2n) is 2.43. The summed E-state index contributed by atoms with van der Waals surface area (Å²) < 4.78 is 0. The topological polar surface area (TPSA) is 28.0 Å². The van der Waals surface area contributed by atoms with E-state index in [4.69, 9.17) is 0 Å². The van der Waals surface area contributed by atoms with Gasteiger partial charge >= 0.3 is 0 Å². The van der Waals surface area contributed by atoms with E-state index >= 15 is 0 Å². The van der Waals surface area contributed by atoms with Crippen LogP contribution in [0, 0.1) is 0 Å². The molecule has 0 rings (SSSR count). The van der Waals surface area contributed by atoms with Gasteiger partial charge in [0.1, 0.15) is 6.01 Å². The summed E-state index contributed by atoms with van der Waals surface area (Å²) in [6.45, 7) is 4.13. The van der Waals surface area contributed by atoms with E-state index in [1.165, 1.54) is 0 Å². The molecule has 0 spiro atoms. The Labute approximate surface area is 62.4 Å². The lowest BCUT2D eigenvalue weighted by atomic mass is 10.3. The first-order valence-corrected chi connectivity index (χ1v) is 3.49. The molecule has 1 unspecified atom stereocenters. The number of rotatable bonds is 3. The van der Waals surface area contributed by atoms with E-state index in [0.717, 1.165) is 6.42 Å². The molecule has 0 aromatic rings. The highest BCUT2D eigenvalue weighted by Gasteiger charge is 1.88. The zero-order chi connectivity index (χ0) is 7.98. The zero-order valence-electron chi connectivity index (χ0n) is 7.13. The van der Waals surface area contributed by atoms with Crippen LogP contribution in [0.5, 0.6) is 0 Å². The highest BCUT2D eigenvalue weighted by Crippen LogP contribution is 1.91. The molecule has 0 aliphatic heterocycles. The van der Waals surface area contributed by atoms with Crippen LogP contribution in [0.2, 0.25) is 0 Å². The molecule has 1 atom stereocenters. The SMILES string of the molecule is CCC(C)N=C=NN(C)C. The zero-order valence-corrected chi connectivity index (χ0v) is 7.13. The lowest BCUT2D eigenvalue weighted by Gasteiger charge is -1.98. The van der Waals surface area contributed by atoms with Crippen molar-refractivity contribution in [1.29, 1.82) is 0 Å². The van der Waals surface area contributed by atoms with E-state index in [-0.39, 0.29) is 0 Å². The van der Waals surface area contributed by atoms with Gasteiger partial charge in [-0.3, -0.25) is 5.01 Å². The number of nitrogens with zero attached hydrogens (tertiary/aromatic N) is 3. The third-order valence-electron chi connectivity index (χ3n) is 1.11. The molecule has 3 nitrogen and oxygen atoms in total. The Morgan fingerprint density at radius 3 is 2.50 bits per heavy atom. The minimum atomic E-state index is 0.337. The van der Waals surface area contributed by atoms with Gasteiger partial charge in [-0.2, -0.15) is 0 Å². The third kappa shape index (κ3) is 5.32. The van der Waals surface area contributed by atoms with Crippen molar-refractivity contribution >= 4 is 6.01 Å². The van der Waals surface area contributed by atoms with Crippen LogP contribution < -0.4 is 0 Å². The molecule has 0 radical (unpaired) electrons. The first kappa shape index (κ1) is 9.18. The molecule has 3 heteroatoms. The molecule has 0 aliphatic rings. The maximum absolute atomic E-state index is 4.02. The molecule has 0 saturated heterocycles. The summed E-state index contributed by atoms with van der Waals surface area (Å²) in [6.07, 6.45) is 1.04. The minimum absolute atomic E-state index is 0.337. The van der Waals surface area contributed by atoms with Crippen LogP contribution in [-0.2, 0) is 0 Å². The van der Waals surface area contributed by atoms with E-state index in [9.17, 15) is 0 Å². The van der Waals surface area contributed by atoms with Gasteiger partial charge in [-0.1, -0.05) is 6.92 Å². The molecule has 10 heavy (non-hydrogen) atoms. The number of hydrogen-bond acceptors (Lipinski definition) is 3. The van der Waals surface area contributed by atoms with Gasteiger partial charge in [0.2, 0.25) is 0 Å². The van der Waals surface area contributed by atoms with Gasteiger partial charge in [-0.15, -0.1) is 5.10 Å². The van der Waals surface area contributed by atoms with Crippen molar-refractivity contribution in [3.8, 4) is 0 Å². The molecule has 0 aromatic heterocycles. The summed E-state index contributed by atoms with van der Waals surface area (Å²) in [5.74, 6) is 0. The minimum Gasteiger partial charge on any atom is -0.294 e. The Bertz CT molecular complexity index is 134. The van der Waals surface area contributed by atoms with Gasteiger partial charge in [0.25, 0.3) is 0 Å². The van der Waals surface area contributed by atoms with E-state index in [2.05, 4.69) is 23.0 Å². The molecule has 0 aromatic carbocycles. The van der Waals surface area contributed by atoms with Crippen LogP contribution in [0.4, 0.5) is 0 Å². The standard InChI is InChI=1S/C7H15N3/c1-5-7(2)8-6-9-10(3)4/h7H,5H2,1-4H3. The Kier molecular flexibility index (Phi) is 4.59. The van der Waals surface area contributed by atoms with Crippen LogP contribution in [0.3, 0.4) is 0 Å². The van der Waals surface area contributed by atoms with Gasteiger partial charge in [0.05, 0.1) is 6.04 Å². The Balaban J connectivity index is 3.73. The average Bonchev–Trinajstić information content (AvgIpc) is 1.87. The number of aliphatic imine (C=N–C) groups is 1. The van der Waals surface area contributed by atoms with E-state index < -0.39 is 0 Å². The van der Waals surface area contributed by atoms with Crippen molar-refractivity contribution in [3.63, 3.8) is 0 Å². The highest BCUT2D eigenvalue weighted by atomic mass is 15.4. The summed E-state index contributed by atoms with van der Waals surface area (Å²) in [6, 6.07) is 2.95. The molecule has 0 amide bonds. The summed E-state index contributed by atoms with van der Waals surface area (Å²) in [4.78, 5) is 4.02. The smallest absolute Gasteiger partial charge is 0.115 e. The van der Waals surface area contributed by atoms with Gasteiger partial charge in [-0.25, -0.2) is 4.99 Å². The summed E-state index contributed by atoms with van der Waals surface area (Å²) >= 11 is 0. The van der Waals surface area contributed by atoms with Crippen molar-refractivity contribution in [2.75, 3.05) is 14.1 Å². The molecular weight excluding hydrogens is 126 g/mol. The molecule has 58 valence electrons. The molecular formula is C7H15N3. The van der Waals surface area contributed by atoms with Gasteiger partial charge in [-0.05, 0) is 13.3 Å². The second-order valence-corrected chi connectivity index (χ2v) is 2.43. The van der Waals surface area contributed by atoms with Crippen LogP contribution in [0.25, 0.3) is 0 Å². The van der Waals surface area contributed by atoms with E-state index in [0.29, 0.717) is 6.04 Å². The average molecular weight is 141 g/mol. The van der Waals surface area contributed by atoms with Crippen LogP contribution in [-0.4, -0.2) is 31.2 Å². The van der Waals surface area contributed by atoms with E-state index in [1.807, 2.05) is 21.0 Å².